The predicted molar refractivity (Wildman–Crippen MR) is 231 cm³/mol. The van der Waals surface area contributed by atoms with Crippen LogP contribution in [-0.4, -0.2) is 0 Å². The van der Waals surface area contributed by atoms with Gasteiger partial charge in [0.15, 0.2) is 0 Å². The second kappa shape index (κ2) is 11.9. The van der Waals surface area contributed by atoms with Crippen molar-refractivity contribution in [2.24, 2.45) is 0 Å². The van der Waals surface area contributed by atoms with E-state index >= 15 is 0 Å². The molecule has 0 atom stereocenters. The Bertz CT molecular complexity index is 3030. The lowest BCUT2D eigenvalue weighted by Gasteiger charge is -2.28. The van der Waals surface area contributed by atoms with E-state index < -0.39 is 0 Å². The van der Waals surface area contributed by atoms with Gasteiger partial charge in [-0.05, 0) is 59.2 Å². The Balaban J connectivity index is 1.24. The van der Waals surface area contributed by atoms with Crippen molar-refractivity contribution in [2.75, 3.05) is 4.90 Å². The monoisotopic (exact) mass is 715 g/mol. The quantitative estimate of drug-likeness (QED) is 0.171. The van der Waals surface area contributed by atoms with Gasteiger partial charge in [-0.3, -0.25) is 0 Å². The number of rotatable bonds is 5. The molecule has 0 unspecified atom stereocenters. The molecule has 0 aliphatic carbocycles. The number of nitrogens with zero attached hydrogens (tertiary/aromatic N) is 1. The molecule has 3 aromatic heterocycles. The minimum absolute atomic E-state index is 1.14. The molecule has 0 saturated heterocycles. The molecule has 0 bridgehead atoms. The Morgan fingerprint density at radius 1 is 0.308 bits per heavy atom. The molecule has 8 aromatic carbocycles. The number of thiophene rings is 3. The van der Waals surface area contributed by atoms with Gasteiger partial charge in [0.2, 0.25) is 0 Å². The largest absolute Gasteiger partial charge is 0.308 e. The molecule has 11 rings (SSSR count). The van der Waals surface area contributed by atoms with E-state index in [1.807, 2.05) is 34.0 Å². The van der Waals surface area contributed by atoms with Crippen molar-refractivity contribution in [1.82, 2.24) is 0 Å². The maximum atomic E-state index is 2.53. The highest BCUT2D eigenvalue weighted by molar-refractivity contribution is 7.27. The second-order valence-electron chi connectivity index (χ2n) is 13.2. The first-order valence-electron chi connectivity index (χ1n) is 17.5. The van der Waals surface area contributed by atoms with E-state index in [2.05, 4.69) is 181 Å². The van der Waals surface area contributed by atoms with Crippen LogP contribution < -0.4 is 4.90 Å². The predicted octanol–water partition coefficient (Wildman–Crippen LogP) is 15.6. The zero-order valence-corrected chi connectivity index (χ0v) is 30.4. The standard InChI is InChI=1S/C48H29NS3/c1-2-13-30(14-3-1)32-28-27-31(29-40(32)39-19-10-18-36-33-15-4-7-24-43(33)50-46(36)39)49(41-22-11-20-37-34-16-5-8-25-44(34)51-47(37)41)42-23-12-21-38-35-17-6-9-26-45(35)52-48(38)42/h1-29H. The smallest absolute Gasteiger partial charge is 0.0640 e. The molecule has 4 heteroatoms. The van der Waals surface area contributed by atoms with Gasteiger partial charge in [0.1, 0.15) is 0 Å². The van der Waals surface area contributed by atoms with Crippen molar-refractivity contribution in [2.45, 2.75) is 0 Å². The summed E-state index contributed by atoms with van der Waals surface area (Å²) in [6, 6.07) is 64.8. The van der Waals surface area contributed by atoms with Crippen LogP contribution >= 0.6 is 34.0 Å². The van der Waals surface area contributed by atoms with Gasteiger partial charge < -0.3 is 4.90 Å². The molecule has 0 radical (unpaired) electrons. The van der Waals surface area contributed by atoms with Crippen LogP contribution in [0.15, 0.2) is 176 Å². The molecule has 3 heterocycles. The summed E-state index contributed by atoms with van der Waals surface area (Å²) in [5.41, 5.74) is 8.48. The van der Waals surface area contributed by atoms with E-state index in [-0.39, 0.29) is 0 Å². The third-order valence-electron chi connectivity index (χ3n) is 10.3. The lowest BCUT2D eigenvalue weighted by Crippen LogP contribution is -2.10. The highest BCUT2D eigenvalue weighted by Crippen LogP contribution is 2.51. The maximum absolute atomic E-state index is 2.53. The molecule has 0 aliphatic rings. The zero-order chi connectivity index (χ0) is 34.2. The highest BCUT2D eigenvalue weighted by atomic mass is 32.1. The fourth-order valence-corrected chi connectivity index (χ4v) is 11.6. The third-order valence-corrected chi connectivity index (χ3v) is 13.9. The Kier molecular flexibility index (Phi) is 6.84. The summed E-state index contributed by atoms with van der Waals surface area (Å²) in [5, 5.41) is 7.83. The molecule has 0 fully saturated rings. The number of fused-ring (bicyclic) bond motifs is 9. The molecule has 52 heavy (non-hydrogen) atoms. The SMILES string of the molecule is c1ccc(-c2ccc(N(c3cccc4c3sc3ccccc34)c3cccc4c3sc3ccccc34)cc2-c2cccc3c2sc2ccccc23)cc1. The summed E-state index contributed by atoms with van der Waals surface area (Å²) in [5.74, 6) is 0. The van der Waals surface area contributed by atoms with E-state index in [4.69, 9.17) is 0 Å². The molecule has 0 N–H and O–H groups in total. The number of hydrogen-bond donors (Lipinski definition) is 0. The first-order valence-corrected chi connectivity index (χ1v) is 20.0. The van der Waals surface area contributed by atoms with Crippen LogP contribution in [0, 0.1) is 0 Å². The van der Waals surface area contributed by atoms with Gasteiger partial charge in [0, 0.05) is 62.4 Å². The van der Waals surface area contributed by atoms with Crippen molar-refractivity contribution < 1.29 is 0 Å². The van der Waals surface area contributed by atoms with Gasteiger partial charge in [-0.25, -0.2) is 0 Å². The molecule has 0 aliphatic heterocycles. The topological polar surface area (TPSA) is 3.24 Å². The summed E-state index contributed by atoms with van der Waals surface area (Å²) in [4.78, 5) is 2.53. The average Bonchev–Trinajstić information content (AvgIpc) is 3.90. The van der Waals surface area contributed by atoms with E-state index in [9.17, 15) is 0 Å². The second-order valence-corrected chi connectivity index (χ2v) is 16.4. The van der Waals surface area contributed by atoms with E-state index in [0.717, 1.165) is 5.69 Å². The average molecular weight is 716 g/mol. The molecule has 11 aromatic rings. The van der Waals surface area contributed by atoms with Gasteiger partial charge in [-0.2, -0.15) is 0 Å². The normalized spacial score (nSPS) is 11.8. The van der Waals surface area contributed by atoms with Crippen LogP contribution in [-0.2, 0) is 0 Å². The molecule has 1 nitrogen and oxygen atoms in total. The summed E-state index contributed by atoms with van der Waals surface area (Å²) in [6.45, 7) is 0. The van der Waals surface area contributed by atoms with Crippen molar-refractivity contribution in [3.8, 4) is 22.3 Å². The van der Waals surface area contributed by atoms with Crippen molar-refractivity contribution in [1.29, 1.82) is 0 Å². The fourth-order valence-electron chi connectivity index (χ4n) is 7.95. The maximum Gasteiger partial charge on any atom is 0.0640 e. The minimum Gasteiger partial charge on any atom is -0.308 e. The lowest BCUT2D eigenvalue weighted by molar-refractivity contribution is 1.32. The molecule has 0 saturated carbocycles. The van der Waals surface area contributed by atoms with Crippen LogP contribution in [0.25, 0.3) is 82.8 Å². The van der Waals surface area contributed by atoms with Crippen LogP contribution in [0.3, 0.4) is 0 Å². The Morgan fingerprint density at radius 3 is 1.35 bits per heavy atom. The van der Waals surface area contributed by atoms with E-state index in [0.29, 0.717) is 0 Å². The van der Waals surface area contributed by atoms with Crippen molar-refractivity contribution in [3.63, 3.8) is 0 Å². The number of anilines is 3. The fraction of sp³-hybridized carbons (Fsp3) is 0. The molecular formula is C48H29NS3. The van der Waals surface area contributed by atoms with Crippen LogP contribution in [0.5, 0.6) is 0 Å². The van der Waals surface area contributed by atoms with Gasteiger partial charge in [-0.15, -0.1) is 34.0 Å². The van der Waals surface area contributed by atoms with E-state index in [1.165, 1.54) is 94.1 Å². The Morgan fingerprint density at radius 2 is 0.769 bits per heavy atom. The molecule has 0 spiro atoms. The third kappa shape index (κ3) is 4.59. The summed E-state index contributed by atoms with van der Waals surface area (Å²) < 4.78 is 7.84. The summed E-state index contributed by atoms with van der Waals surface area (Å²) in [6.07, 6.45) is 0. The van der Waals surface area contributed by atoms with Gasteiger partial charge >= 0.3 is 0 Å². The van der Waals surface area contributed by atoms with Crippen LogP contribution in [0.4, 0.5) is 17.1 Å². The van der Waals surface area contributed by atoms with Gasteiger partial charge in [-0.1, -0.05) is 133 Å². The molecular weight excluding hydrogens is 687 g/mol. The molecule has 244 valence electrons. The summed E-state index contributed by atoms with van der Waals surface area (Å²) >= 11 is 5.66. The zero-order valence-electron chi connectivity index (χ0n) is 27.9. The summed E-state index contributed by atoms with van der Waals surface area (Å²) in [7, 11) is 0. The van der Waals surface area contributed by atoms with Gasteiger partial charge in [0.25, 0.3) is 0 Å². The Labute approximate surface area is 312 Å². The van der Waals surface area contributed by atoms with Crippen LogP contribution in [0.2, 0.25) is 0 Å². The number of benzene rings is 8. The molecule has 0 amide bonds. The van der Waals surface area contributed by atoms with Gasteiger partial charge in [0.05, 0.1) is 20.8 Å². The first-order chi connectivity index (χ1) is 25.8. The Hall–Kier alpha value is -5.78. The van der Waals surface area contributed by atoms with Crippen molar-refractivity contribution in [3.05, 3.63) is 176 Å². The lowest BCUT2D eigenvalue weighted by atomic mass is 9.92. The first kappa shape index (κ1) is 29.9. The van der Waals surface area contributed by atoms with Crippen LogP contribution in [0.1, 0.15) is 0 Å². The highest BCUT2D eigenvalue weighted by Gasteiger charge is 2.23. The number of hydrogen-bond acceptors (Lipinski definition) is 4. The minimum atomic E-state index is 1.14. The van der Waals surface area contributed by atoms with Crippen molar-refractivity contribution >= 4 is 112 Å². The van der Waals surface area contributed by atoms with E-state index in [1.54, 1.807) is 0 Å².